The summed E-state index contributed by atoms with van der Waals surface area (Å²) in [6, 6.07) is 8.85. The largest absolute Gasteiger partial charge is 0.377 e. The highest BCUT2D eigenvalue weighted by atomic mass is 35.5. The fourth-order valence-electron chi connectivity index (χ4n) is 1.55. The van der Waals surface area contributed by atoms with E-state index in [0.717, 1.165) is 6.42 Å². The second-order valence-corrected chi connectivity index (χ2v) is 5.33. The Labute approximate surface area is 109 Å². The van der Waals surface area contributed by atoms with Gasteiger partial charge in [0.25, 0.3) is 0 Å². The quantitative estimate of drug-likeness (QED) is 0.847. The van der Waals surface area contributed by atoms with Gasteiger partial charge >= 0.3 is 0 Å². The third kappa shape index (κ3) is 2.99. The number of rotatable bonds is 4. The van der Waals surface area contributed by atoms with Crippen LogP contribution in [0.1, 0.15) is 16.7 Å². The molecule has 0 atom stereocenters. The minimum Gasteiger partial charge on any atom is -0.377 e. The van der Waals surface area contributed by atoms with Gasteiger partial charge in [-0.05, 0) is 30.7 Å². The number of aryl methyl sites for hydroxylation is 1. The Morgan fingerprint density at radius 1 is 1.24 bits per heavy atom. The monoisotopic (exact) mass is 269 g/mol. The first-order valence-electron chi connectivity index (χ1n) is 5.46. The van der Waals surface area contributed by atoms with E-state index in [1.54, 1.807) is 23.5 Å². The summed E-state index contributed by atoms with van der Waals surface area (Å²) < 4.78 is 13.5. The molecule has 0 fully saturated rings. The summed E-state index contributed by atoms with van der Waals surface area (Å²) in [5.74, 6) is -0.315. The number of thiophene rings is 1. The van der Waals surface area contributed by atoms with Gasteiger partial charge in [0.15, 0.2) is 0 Å². The average Bonchev–Trinajstić information content (AvgIpc) is 2.76. The lowest BCUT2D eigenvalue weighted by atomic mass is 10.3. The summed E-state index contributed by atoms with van der Waals surface area (Å²) >= 11 is 7.66. The van der Waals surface area contributed by atoms with Crippen LogP contribution in [0.25, 0.3) is 0 Å². The standard InChI is InChI=1S/C13H13ClFNS/c1-2-9-6-7-10(17-9)8-16-13-11(14)4-3-5-12(13)15/h3-7,16H,2,8H2,1H3. The van der Waals surface area contributed by atoms with Crippen molar-refractivity contribution >= 4 is 28.6 Å². The molecule has 1 nitrogen and oxygen atoms in total. The average molecular weight is 270 g/mol. The van der Waals surface area contributed by atoms with Crippen molar-refractivity contribution in [1.82, 2.24) is 0 Å². The molecule has 90 valence electrons. The third-order valence-corrected chi connectivity index (χ3v) is 4.01. The summed E-state index contributed by atoms with van der Waals surface area (Å²) in [5, 5.41) is 3.45. The second kappa shape index (κ2) is 5.52. The number of benzene rings is 1. The highest BCUT2D eigenvalue weighted by Gasteiger charge is 2.06. The molecule has 0 unspecified atom stereocenters. The Kier molecular flexibility index (Phi) is 4.02. The minimum absolute atomic E-state index is 0.315. The molecule has 1 N–H and O–H groups in total. The van der Waals surface area contributed by atoms with E-state index in [0.29, 0.717) is 17.3 Å². The molecule has 17 heavy (non-hydrogen) atoms. The van der Waals surface area contributed by atoms with E-state index in [2.05, 4.69) is 24.4 Å². The normalized spacial score (nSPS) is 10.5. The van der Waals surface area contributed by atoms with Crippen LogP contribution in [0, 0.1) is 5.82 Å². The predicted octanol–water partition coefficient (Wildman–Crippen LogP) is 4.72. The van der Waals surface area contributed by atoms with Crippen LogP contribution in [-0.2, 0) is 13.0 Å². The molecule has 0 radical (unpaired) electrons. The third-order valence-electron chi connectivity index (χ3n) is 2.47. The lowest BCUT2D eigenvalue weighted by Crippen LogP contribution is -2.00. The number of nitrogens with one attached hydrogen (secondary N) is 1. The van der Waals surface area contributed by atoms with Crippen LogP contribution >= 0.6 is 22.9 Å². The molecule has 0 bridgehead atoms. The number of anilines is 1. The molecular formula is C13H13ClFNS. The summed E-state index contributed by atoms with van der Waals surface area (Å²) in [6.45, 7) is 2.72. The van der Waals surface area contributed by atoms with Gasteiger partial charge < -0.3 is 5.32 Å². The van der Waals surface area contributed by atoms with E-state index >= 15 is 0 Å². The van der Waals surface area contributed by atoms with E-state index in [1.165, 1.54) is 15.8 Å². The fraction of sp³-hybridized carbons (Fsp3) is 0.231. The number of para-hydroxylation sites is 1. The van der Waals surface area contributed by atoms with Crippen molar-refractivity contribution in [1.29, 1.82) is 0 Å². The maximum Gasteiger partial charge on any atom is 0.147 e. The molecule has 0 saturated heterocycles. The molecule has 1 aromatic carbocycles. The van der Waals surface area contributed by atoms with Crippen molar-refractivity contribution in [3.05, 3.63) is 50.9 Å². The maximum atomic E-state index is 13.5. The molecule has 1 aromatic heterocycles. The summed E-state index contributed by atoms with van der Waals surface area (Å²) in [7, 11) is 0. The van der Waals surface area contributed by atoms with E-state index < -0.39 is 0 Å². The second-order valence-electron chi connectivity index (χ2n) is 3.67. The summed E-state index contributed by atoms with van der Waals surface area (Å²) in [6.07, 6.45) is 1.03. The zero-order chi connectivity index (χ0) is 12.3. The molecule has 0 spiro atoms. The van der Waals surface area contributed by atoms with E-state index in [-0.39, 0.29) is 5.82 Å². The van der Waals surface area contributed by atoms with Crippen molar-refractivity contribution in [2.75, 3.05) is 5.32 Å². The van der Waals surface area contributed by atoms with Crippen LogP contribution < -0.4 is 5.32 Å². The Balaban J connectivity index is 2.07. The van der Waals surface area contributed by atoms with Crippen molar-refractivity contribution < 1.29 is 4.39 Å². The highest BCUT2D eigenvalue weighted by molar-refractivity contribution is 7.12. The van der Waals surface area contributed by atoms with E-state index in [4.69, 9.17) is 11.6 Å². The molecule has 2 rings (SSSR count). The molecular weight excluding hydrogens is 257 g/mol. The minimum atomic E-state index is -0.315. The number of halogens is 2. The van der Waals surface area contributed by atoms with Crippen LogP contribution in [0.2, 0.25) is 5.02 Å². The molecule has 1 heterocycles. The van der Waals surface area contributed by atoms with Crippen molar-refractivity contribution in [2.24, 2.45) is 0 Å². The molecule has 4 heteroatoms. The smallest absolute Gasteiger partial charge is 0.147 e. The van der Waals surface area contributed by atoms with Crippen LogP contribution in [0.5, 0.6) is 0 Å². The highest BCUT2D eigenvalue weighted by Crippen LogP contribution is 2.26. The van der Waals surface area contributed by atoms with Gasteiger partial charge in [0.1, 0.15) is 5.82 Å². The van der Waals surface area contributed by atoms with Gasteiger partial charge in [-0.25, -0.2) is 4.39 Å². The Morgan fingerprint density at radius 3 is 2.65 bits per heavy atom. The number of hydrogen-bond acceptors (Lipinski definition) is 2. The zero-order valence-corrected chi connectivity index (χ0v) is 11.0. The topological polar surface area (TPSA) is 12.0 Å². The maximum absolute atomic E-state index is 13.5. The van der Waals surface area contributed by atoms with Crippen molar-refractivity contribution in [3.63, 3.8) is 0 Å². The van der Waals surface area contributed by atoms with Crippen LogP contribution in [0.4, 0.5) is 10.1 Å². The molecule has 0 aliphatic rings. The first-order chi connectivity index (χ1) is 8.20. The summed E-state index contributed by atoms with van der Waals surface area (Å²) in [5.41, 5.74) is 0.376. The molecule has 0 saturated carbocycles. The van der Waals surface area contributed by atoms with Crippen LogP contribution in [-0.4, -0.2) is 0 Å². The molecule has 2 aromatic rings. The summed E-state index contributed by atoms with van der Waals surface area (Å²) in [4.78, 5) is 2.52. The van der Waals surface area contributed by atoms with Crippen molar-refractivity contribution in [2.45, 2.75) is 19.9 Å². The Morgan fingerprint density at radius 2 is 2.00 bits per heavy atom. The van der Waals surface area contributed by atoms with Gasteiger partial charge in [-0.15, -0.1) is 11.3 Å². The van der Waals surface area contributed by atoms with Gasteiger partial charge in [-0.2, -0.15) is 0 Å². The molecule has 0 amide bonds. The molecule has 0 aliphatic carbocycles. The van der Waals surface area contributed by atoms with Crippen LogP contribution in [0.3, 0.4) is 0 Å². The first-order valence-corrected chi connectivity index (χ1v) is 6.65. The zero-order valence-electron chi connectivity index (χ0n) is 9.47. The van der Waals surface area contributed by atoms with Gasteiger partial charge in [-0.1, -0.05) is 24.6 Å². The first kappa shape index (κ1) is 12.4. The van der Waals surface area contributed by atoms with Crippen LogP contribution in [0.15, 0.2) is 30.3 Å². The fourth-order valence-corrected chi connectivity index (χ4v) is 2.68. The lowest BCUT2D eigenvalue weighted by Gasteiger charge is -2.07. The predicted molar refractivity (Wildman–Crippen MR) is 72.4 cm³/mol. The lowest BCUT2D eigenvalue weighted by molar-refractivity contribution is 0.630. The Hall–Kier alpha value is -1.06. The SMILES string of the molecule is CCc1ccc(CNc2c(F)cccc2Cl)s1. The number of hydrogen-bond donors (Lipinski definition) is 1. The Bertz CT molecular complexity index is 490. The van der Waals surface area contributed by atoms with E-state index in [9.17, 15) is 4.39 Å². The molecule has 0 aliphatic heterocycles. The van der Waals surface area contributed by atoms with Gasteiger partial charge in [0.2, 0.25) is 0 Å². The van der Waals surface area contributed by atoms with Gasteiger partial charge in [0.05, 0.1) is 10.7 Å². The van der Waals surface area contributed by atoms with Crippen molar-refractivity contribution in [3.8, 4) is 0 Å². The van der Waals surface area contributed by atoms with Gasteiger partial charge in [-0.3, -0.25) is 0 Å². The van der Waals surface area contributed by atoms with E-state index in [1.807, 2.05) is 0 Å². The van der Waals surface area contributed by atoms with Gasteiger partial charge in [0, 0.05) is 16.3 Å².